The highest BCUT2D eigenvalue weighted by Crippen LogP contribution is 2.41. The van der Waals surface area contributed by atoms with Gasteiger partial charge >= 0.3 is 11.2 Å². The fourth-order valence-corrected chi connectivity index (χ4v) is 6.89. The lowest BCUT2D eigenvalue weighted by Crippen LogP contribution is -2.02. The summed E-state index contributed by atoms with van der Waals surface area (Å²) in [4.78, 5) is -0.278. The van der Waals surface area contributed by atoms with Gasteiger partial charge in [-0.05, 0) is 53.2 Å². The average molecular weight is 619 g/mol. The van der Waals surface area contributed by atoms with Gasteiger partial charge in [0.25, 0.3) is 0 Å². The Kier molecular flexibility index (Phi) is 6.64. The summed E-state index contributed by atoms with van der Waals surface area (Å²) >= 11 is 0. The van der Waals surface area contributed by atoms with Crippen LogP contribution in [0.4, 0.5) is 22.7 Å². The zero-order chi connectivity index (χ0) is 31.3. The van der Waals surface area contributed by atoms with Crippen molar-refractivity contribution in [2.24, 2.45) is 0 Å². The van der Waals surface area contributed by atoms with Gasteiger partial charge in [-0.2, -0.15) is 0 Å². The zero-order valence-corrected chi connectivity index (χ0v) is 25.2. The molecule has 46 heavy (non-hydrogen) atoms. The van der Waals surface area contributed by atoms with Gasteiger partial charge in [0.1, 0.15) is 10.1 Å². The van der Waals surface area contributed by atoms with Crippen LogP contribution in [0.3, 0.4) is 0 Å². The van der Waals surface area contributed by atoms with Crippen LogP contribution >= 0.6 is 0 Å². The third-order valence-electron chi connectivity index (χ3n) is 8.28. The van der Waals surface area contributed by atoms with E-state index in [-0.39, 0.29) is 4.90 Å². The molecule has 7 aromatic carbocycles. The number of fused-ring (bicyclic) bond motifs is 4. The summed E-state index contributed by atoms with van der Waals surface area (Å²) in [6.45, 7) is 0. The van der Waals surface area contributed by atoms with Crippen molar-refractivity contribution in [1.29, 1.82) is 0 Å². The van der Waals surface area contributed by atoms with Crippen molar-refractivity contribution in [3.05, 3.63) is 146 Å². The van der Waals surface area contributed by atoms with E-state index in [2.05, 4.69) is 47.0 Å². The molecule has 6 nitrogen and oxygen atoms in total. The Balaban J connectivity index is 1.32. The molecule has 0 saturated carbocycles. The van der Waals surface area contributed by atoms with E-state index in [0.29, 0.717) is 33.1 Å². The lowest BCUT2D eigenvalue weighted by Gasteiger charge is -2.15. The van der Waals surface area contributed by atoms with Crippen molar-refractivity contribution in [2.45, 2.75) is 4.90 Å². The standard InChI is InChI=1S/C39H26N2O4S/c42-46(43,44)38-18-6-5-15-33(38)39-31-21-19-27(40-34-16-7-11-25-9-1-3-13-29(25)34)23-36(31)45-37-24-28(20-22-32(37)39)41-35-17-8-12-26-10-2-4-14-30(26)35/h1-24,40-41H. The van der Waals surface area contributed by atoms with Crippen LogP contribution in [0.1, 0.15) is 0 Å². The lowest BCUT2D eigenvalue weighted by molar-refractivity contribution is 0.463. The summed E-state index contributed by atoms with van der Waals surface area (Å²) in [6.07, 6.45) is 0. The van der Waals surface area contributed by atoms with Gasteiger partial charge in [-0.1, -0.05) is 91.0 Å². The third kappa shape index (κ3) is 4.98. The van der Waals surface area contributed by atoms with E-state index in [1.165, 1.54) is 6.07 Å². The Morgan fingerprint density at radius 2 is 0.978 bits per heavy atom. The molecule has 1 aromatic heterocycles. The first-order valence-corrected chi connectivity index (χ1v) is 16.2. The number of anilines is 4. The maximum Gasteiger partial charge on any atom is 0.363 e. The molecule has 2 N–H and O–H groups in total. The number of benzene rings is 7. The molecule has 0 aliphatic carbocycles. The molecule has 0 radical (unpaired) electrons. The molecule has 0 saturated heterocycles. The van der Waals surface area contributed by atoms with Gasteiger partial charge in [0.05, 0.1) is 27.8 Å². The van der Waals surface area contributed by atoms with E-state index in [9.17, 15) is 13.0 Å². The minimum absolute atomic E-state index is 0.278. The van der Waals surface area contributed by atoms with Crippen molar-refractivity contribution >= 4 is 76.4 Å². The Labute approximate surface area is 265 Å². The second kappa shape index (κ2) is 11.0. The molecule has 0 unspecified atom stereocenters. The smallest absolute Gasteiger partial charge is 0.363 e. The Bertz CT molecular complexity index is 2430. The second-order valence-electron chi connectivity index (χ2n) is 11.2. The summed E-state index contributed by atoms with van der Waals surface area (Å²) in [6, 6.07) is 46.3. The van der Waals surface area contributed by atoms with Gasteiger partial charge in [-0.3, -0.25) is 0 Å². The molecule has 0 atom stereocenters. The van der Waals surface area contributed by atoms with Crippen LogP contribution in [0, 0.1) is 0 Å². The molecule has 1 heterocycles. The molecule has 8 aromatic rings. The molecule has 0 aliphatic heterocycles. The average Bonchev–Trinajstić information content (AvgIpc) is 3.07. The van der Waals surface area contributed by atoms with E-state index in [1.807, 2.05) is 84.9 Å². The highest BCUT2D eigenvalue weighted by Gasteiger charge is 2.24. The quantitative estimate of drug-likeness (QED) is 0.109. The van der Waals surface area contributed by atoms with Crippen molar-refractivity contribution in [1.82, 2.24) is 0 Å². The van der Waals surface area contributed by atoms with Gasteiger partial charge in [0.15, 0.2) is 0 Å². The Morgan fingerprint density at radius 3 is 1.52 bits per heavy atom. The van der Waals surface area contributed by atoms with E-state index in [4.69, 9.17) is 4.42 Å². The summed E-state index contributed by atoms with van der Waals surface area (Å²) < 4.78 is 43.8. The van der Waals surface area contributed by atoms with Gasteiger partial charge in [-0.25, -0.2) is 12.8 Å². The number of nitrogens with one attached hydrogen (secondary N) is 2. The molecule has 0 fully saturated rings. The maximum absolute atomic E-state index is 12.4. The number of hydrogen-bond donors (Lipinski definition) is 2. The Hall–Kier alpha value is -5.76. The van der Waals surface area contributed by atoms with Crippen LogP contribution in [0.15, 0.2) is 155 Å². The van der Waals surface area contributed by atoms with Crippen LogP contribution in [0.2, 0.25) is 0 Å². The minimum Gasteiger partial charge on any atom is -0.744 e. The summed E-state index contributed by atoms with van der Waals surface area (Å²) in [7, 11) is -4.76. The molecule has 0 bridgehead atoms. The van der Waals surface area contributed by atoms with Crippen LogP contribution in [0.25, 0.3) is 54.6 Å². The van der Waals surface area contributed by atoms with Gasteiger partial charge in [-0.15, -0.1) is 0 Å². The SMILES string of the molecule is O=S(=O)([O-])c1ccccc1-c1c2ccc(Nc3cccc4ccccc34)cc2[o+]c2cc(Nc3cccc4ccccc34)ccc12. The fraction of sp³-hybridized carbons (Fsp3) is 0. The molecule has 0 spiro atoms. The predicted molar refractivity (Wildman–Crippen MR) is 186 cm³/mol. The van der Waals surface area contributed by atoms with E-state index in [0.717, 1.165) is 44.3 Å². The first kappa shape index (κ1) is 27.8. The van der Waals surface area contributed by atoms with Crippen LogP contribution in [-0.4, -0.2) is 13.0 Å². The first-order chi connectivity index (χ1) is 22.4. The molecular formula is C39H26N2O4S. The van der Waals surface area contributed by atoms with Crippen LogP contribution in [0.5, 0.6) is 0 Å². The summed E-state index contributed by atoms with van der Waals surface area (Å²) in [5.74, 6) is 0. The Morgan fingerprint density at radius 1 is 0.500 bits per heavy atom. The second-order valence-corrected chi connectivity index (χ2v) is 12.5. The molecule has 0 aliphatic rings. The maximum atomic E-state index is 12.4. The highest BCUT2D eigenvalue weighted by molar-refractivity contribution is 7.85. The first-order valence-electron chi connectivity index (χ1n) is 14.8. The molecular weight excluding hydrogens is 593 g/mol. The van der Waals surface area contributed by atoms with Crippen molar-refractivity contribution in [3.8, 4) is 11.1 Å². The molecule has 7 heteroatoms. The highest BCUT2D eigenvalue weighted by atomic mass is 32.2. The van der Waals surface area contributed by atoms with E-state index >= 15 is 0 Å². The summed E-state index contributed by atoms with van der Waals surface area (Å²) in [5.41, 5.74) is 5.50. The number of hydrogen-bond acceptors (Lipinski definition) is 5. The largest absolute Gasteiger partial charge is 0.744 e. The summed E-state index contributed by atoms with van der Waals surface area (Å²) in [5, 5.41) is 12.8. The van der Waals surface area contributed by atoms with Gasteiger partial charge in [0, 0.05) is 44.6 Å². The minimum atomic E-state index is -4.76. The zero-order valence-electron chi connectivity index (χ0n) is 24.4. The topological polar surface area (TPSA) is 92.6 Å². The van der Waals surface area contributed by atoms with Crippen molar-refractivity contribution in [2.75, 3.05) is 10.6 Å². The van der Waals surface area contributed by atoms with E-state index < -0.39 is 10.1 Å². The van der Waals surface area contributed by atoms with E-state index in [1.54, 1.807) is 18.2 Å². The number of rotatable bonds is 6. The predicted octanol–water partition coefficient (Wildman–Crippen LogP) is 10.2. The van der Waals surface area contributed by atoms with Gasteiger partial charge < -0.3 is 15.2 Å². The monoisotopic (exact) mass is 618 g/mol. The lowest BCUT2D eigenvalue weighted by atomic mass is 9.96. The van der Waals surface area contributed by atoms with Crippen molar-refractivity contribution in [3.63, 3.8) is 0 Å². The van der Waals surface area contributed by atoms with Gasteiger partial charge in [0.2, 0.25) is 0 Å². The fourth-order valence-electron chi connectivity index (χ4n) is 6.21. The van der Waals surface area contributed by atoms with Crippen LogP contribution < -0.4 is 10.6 Å². The molecule has 0 amide bonds. The molecule has 8 rings (SSSR count). The van der Waals surface area contributed by atoms with Crippen molar-refractivity contribution < 1.29 is 17.4 Å². The van der Waals surface area contributed by atoms with Crippen LogP contribution in [-0.2, 0) is 10.1 Å². The third-order valence-corrected chi connectivity index (χ3v) is 9.18. The normalized spacial score (nSPS) is 11.8. The molecule has 222 valence electrons.